The van der Waals surface area contributed by atoms with Crippen LogP contribution in [0.1, 0.15) is 112 Å². The number of carbonyl (C=O) groups excluding carboxylic acids is 2. The van der Waals surface area contributed by atoms with Crippen LogP contribution in [0.3, 0.4) is 0 Å². The van der Waals surface area contributed by atoms with Crippen molar-refractivity contribution in [1.82, 2.24) is 4.90 Å². The van der Waals surface area contributed by atoms with Gasteiger partial charge in [-0.15, -0.1) is 11.8 Å². The molecule has 0 fully saturated rings. The Kier molecular flexibility index (Phi) is 14.8. The van der Waals surface area contributed by atoms with Gasteiger partial charge in [0.25, 0.3) is 0 Å². The second-order valence-corrected chi connectivity index (χ2v) is 11.7. The molecular formula is C34H48N2O3S. The lowest BCUT2D eigenvalue weighted by molar-refractivity contribution is -0.115. The zero-order chi connectivity index (χ0) is 28.4. The van der Waals surface area contributed by atoms with Gasteiger partial charge < -0.3 is 15.0 Å². The fourth-order valence-corrected chi connectivity index (χ4v) is 5.71. The monoisotopic (exact) mass is 564 g/mol. The summed E-state index contributed by atoms with van der Waals surface area (Å²) in [5, 5.41) is 5.15. The molecule has 0 aromatic heterocycles. The molecule has 0 unspecified atom stereocenters. The summed E-state index contributed by atoms with van der Waals surface area (Å²) in [4.78, 5) is 27.4. The number of nitrogens with zero attached hydrogens (tertiary/aromatic N) is 1. The van der Waals surface area contributed by atoms with Crippen molar-refractivity contribution in [1.29, 1.82) is 0 Å². The number of thioether (sulfide) groups is 1. The Bertz CT molecular complexity index is 1080. The molecule has 40 heavy (non-hydrogen) atoms. The second kappa shape index (κ2) is 18.6. The van der Waals surface area contributed by atoms with E-state index in [1.165, 1.54) is 64.2 Å². The van der Waals surface area contributed by atoms with Gasteiger partial charge in [-0.05, 0) is 48.1 Å². The van der Waals surface area contributed by atoms with Crippen LogP contribution in [-0.2, 0) is 17.8 Å². The zero-order valence-electron chi connectivity index (χ0n) is 24.6. The molecule has 0 aliphatic carbocycles. The lowest BCUT2D eigenvalue weighted by atomic mass is 10.0. The highest BCUT2D eigenvalue weighted by molar-refractivity contribution is 8.02. The SMILES string of the molecule is CCCCCCCCCCCCCCOc1ccc(CC(=O)Nc2ccccc2CN2C=CSC2)cc1C(C)=O. The Morgan fingerprint density at radius 3 is 2.23 bits per heavy atom. The van der Waals surface area contributed by atoms with E-state index in [1.54, 1.807) is 24.8 Å². The number of rotatable bonds is 20. The highest BCUT2D eigenvalue weighted by Gasteiger charge is 2.14. The first-order valence-electron chi connectivity index (χ1n) is 15.2. The molecule has 1 N–H and O–H groups in total. The van der Waals surface area contributed by atoms with Gasteiger partial charge in [0.05, 0.1) is 24.5 Å². The van der Waals surface area contributed by atoms with Gasteiger partial charge in [-0.1, -0.05) is 102 Å². The van der Waals surface area contributed by atoms with E-state index in [2.05, 4.69) is 28.7 Å². The quantitative estimate of drug-likeness (QED) is 0.128. The third-order valence-corrected chi connectivity index (χ3v) is 8.11. The van der Waals surface area contributed by atoms with Crippen LogP contribution in [0.5, 0.6) is 5.75 Å². The van der Waals surface area contributed by atoms with E-state index in [1.807, 2.05) is 36.4 Å². The number of benzene rings is 2. The highest BCUT2D eigenvalue weighted by atomic mass is 32.2. The molecule has 2 aromatic carbocycles. The van der Waals surface area contributed by atoms with Crippen molar-refractivity contribution in [2.45, 2.75) is 104 Å². The number of carbonyl (C=O) groups is 2. The topological polar surface area (TPSA) is 58.6 Å². The van der Waals surface area contributed by atoms with Crippen LogP contribution < -0.4 is 10.1 Å². The van der Waals surface area contributed by atoms with Gasteiger partial charge in [0.1, 0.15) is 5.75 Å². The Morgan fingerprint density at radius 2 is 1.57 bits per heavy atom. The summed E-state index contributed by atoms with van der Waals surface area (Å²) in [6, 6.07) is 13.4. The van der Waals surface area contributed by atoms with Gasteiger partial charge in [0.2, 0.25) is 5.91 Å². The number of nitrogens with one attached hydrogen (secondary N) is 1. The summed E-state index contributed by atoms with van der Waals surface area (Å²) < 4.78 is 5.99. The molecule has 1 heterocycles. The first-order valence-corrected chi connectivity index (χ1v) is 16.3. The molecular weight excluding hydrogens is 516 g/mol. The van der Waals surface area contributed by atoms with Gasteiger partial charge in [0, 0.05) is 18.4 Å². The van der Waals surface area contributed by atoms with Gasteiger partial charge in [-0.3, -0.25) is 9.59 Å². The molecule has 6 heteroatoms. The van der Waals surface area contributed by atoms with Crippen LogP contribution in [0, 0.1) is 0 Å². The maximum Gasteiger partial charge on any atom is 0.228 e. The van der Waals surface area contributed by atoms with E-state index in [0.29, 0.717) is 17.9 Å². The molecule has 1 amide bonds. The number of ketones is 1. The number of unbranched alkanes of at least 4 members (excludes halogenated alkanes) is 11. The number of ether oxygens (including phenoxy) is 1. The van der Waals surface area contributed by atoms with E-state index in [0.717, 1.165) is 42.1 Å². The molecule has 0 bridgehead atoms. The third-order valence-electron chi connectivity index (χ3n) is 7.32. The van der Waals surface area contributed by atoms with Gasteiger partial charge in [-0.2, -0.15) is 0 Å². The summed E-state index contributed by atoms with van der Waals surface area (Å²) in [6.45, 7) is 5.18. The van der Waals surface area contributed by atoms with Crippen LogP contribution in [0.15, 0.2) is 54.1 Å². The normalized spacial score (nSPS) is 12.6. The van der Waals surface area contributed by atoms with Crippen molar-refractivity contribution >= 4 is 29.1 Å². The molecule has 0 saturated heterocycles. The average Bonchev–Trinajstić information content (AvgIpc) is 3.46. The molecule has 0 saturated carbocycles. The standard InChI is InChI=1S/C34H48N2O3S/c1-3-4-5-6-7-8-9-10-11-12-13-16-22-39-33-20-19-29(24-31(33)28(2)37)25-34(38)35-32-18-15-14-17-30(32)26-36-21-23-40-27-36/h14-15,17-21,23-24H,3-13,16,22,25-27H2,1-2H3,(H,35,38). The van der Waals surface area contributed by atoms with E-state index >= 15 is 0 Å². The summed E-state index contributed by atoms with van der Waals surface area (Å²) in [5.41, 5.74) is 3.25. The number of Topliss-reactive ketones (excluding diaryl/α,β-unsaturated/α-hetero) is 1. The highest BCUT2D eigenvalue weighted by Crippen LogP contribution is 2.24. The first kappa shape index (κ1) is 31.8. The lowest BCUT2D eigenvalue weighted by Gasteiger charge is -2.18. The fourth-order valence-electron chi connectivity index (χ4n) is 5.00. The summed E-state index contributed by atoms with van der Waals surface area (Å²) in [7, 11) is 0. The second-order valence-electron chi connectivity index (χ2n) is 10.8. The lowest BCUT2D eigenvalue weighted by Crippen LogP contribution is -2.18. The smallest absolute Gasteiger partial charge is 0.228 e. The predicted molar refractivity (Wildman–Crippen MR) is 169 cm³/mol. The maximum atomic E-state index is 12.9. The van der Waals surface area contributed by atoms with Crippen LogP contribution in [0.25, 0.3) is 0 Å². The number of hydrogen-bond donors (Lipinski definition) is 1. The van der Waals surface area contributed by atoms with Crippen molar-refractivity contribution in [3.8, 4) is 5.75 Å². The molecule has 0 atom stereocenters. The van der Waals surface area contributed by atoms with Gasteiger partial charge in [0.15, 0.2) is 5.78 Å². The minimum atomic E-state index is -0.0987. The number of amides is 1. The van der Waals surface area contributed by atoms with Crippen molar-refractivity contribution in [2.75, 3.05) is 17.8 Å². The Hall–Kier alpha value is -2.73. The minimum absolute atomic E-state index is 0.0474. The molecule has 0 radical (unpaired) electrons. The minimum Gasteiger partial charge on any atom is -0.493 e. The van der Waals surface area contributed by atoms with Crippen LogP contribution in [0.2, 0.25) is 0 Å². The third kappa shape index (κ3) is 11.8. The van der Waals surface area contributed by atoms with E-state index in [-0.39, 0.29) is 18.1 Å². The van der Waals surface area contributed by atoms with Gasteiger partial charge >= 0.3 is 0 Å². The fraction of sp³-hybridized carbons (Fsp3) is 0.529. The molecule has 218 valence electrons. The van der Waals surface area contributed by atoms with Crippen molar-refractivity contribution in [2.24, 2.45) is 0 Å². The Balaban J connectivity index is 1.38. The van der Waals surface area contributed by atoms with E-state index in [4.69, 9.17) is 4.74 Å². The maximum absolute atomic E-state index is 12.9. The number of anilines is 1. The van der Waals surface area contributed by atoms with E-state index in [9.17, 15) is 9.59 Å². The van der Waals surface area contributed by atoms with Crippen molar-refractivity contribution in [3.05, 3.63) is 70.8 Å². The predicted octanol–water partition coefficient (Wildman–Crippen LogP) is 9.13. The first-order chi connectivity index (χ1) is 19.6. The average molecular weight is 565 g/mol. The molecule has 5 nitrogen and oxygen atoms in total. The number of para-hydroxylation sites is 1. The van der Waals surface area contributed by atoms with Crippen molar-refractivity contribution in [3.63, 3.8) is 0 Å². The molecule has 3 rings (SSSR count). The molecule has 1 aliphatic rings. The summed E-state index contributed by atoms with van der Waals surface area (Å²) >= 11 is 1.76. The Labute approximate surface area is 246 Å². The van der Waals surface area contributed by atoms with Gasteiger partial charge in [-0.25, -0.2) is 0 Å². The molecule has 2 aromatic rings. The zero-order valence-corrected chi connectivity index (χ0v) is 25.4. The molecule has 0 spiro atoms. The Morgan fingerprint density at radius 1 is 0.900 bits per heavy atom. The number of hydrogen-bond acceptors (Lipinski definition) is 5. The largest absolute Gasteiger partial charge is 0.493 e. The van der Waals surface area contributed by atoms with Crippen LogP contribution >= 0.6 is 11.8 Å². The van der Waals surface area contributed by atoms with Crippen molar-refractivity contribution < 1.29 is 14.3 Å². The van der Waals surface area contributed by atoms with Crippen LogP contribution in [0.4, 0.5) is 5.69 Å². The van der Waals surface area contributed by atoms with Crippen LogP contribution in [-0.4, -0.2) is 29.1 Å². The van der Waals surface area contributed by atoms with E-state index < -0.39 is 0 Å². The molecule has 1 aliphatic heterocycles. The summed E-state index contributed by atoms with van der Waals surface area (Å²) in [5.74, 6) is 1.39. The summed E-state index contributed by atoms with van der Waals surface area (Å²) in [6.07, 6.45) is 17.9.